The first-order valence-electron chi connectivity index (χ1n) is 10.2. The summed E-state index contributed by atoms with van der Waals surface area (Å²) in [4.78, 5) is 39.6. The summed E-state index contributed by atoms with van der Waals surface area (Å²) >= 11 is 0. The van der Waals surface area contributed by atoms with Crippen LogP contribution in [-0.2, 0) is 20.8 Å². The number of hydrogen-bond donors (Lipinski definition) is 0. The number of anilines is 1. The molecule has 0 fully saturated rings. The zero-order valence-electron chi connectivity index (χ0n) is 19.0. The van der Waals surface area contributed by atoms with Crippen molar-refractivity contribution in [3.8, 4) is 5.75 Å². The van der Waals surface area contributed by atoms with Gasteiger partial charge in [0.2, 0.25) is 0 Å². The first-order chi connectivity index (χ1) is 15.8. The maximum Gasteiger partial charge on any atom is 0.413 e. The van der Waals surface area contributed by atoms with Gasteiger partial charge in [-0.05, 0) is 46.7 Å². The lowest BCUT2D eigenvalue weighted by Crippen LogP contribution is -2.31. The first-order valence-corrected chi connectivity index (χ1v) is 10.2. The molecule has 33 heavy (non-hydrogen) atoms. The molecule has 0 N–H and O–H groups in total. The van der Waals surface area contributed by atoms with Crippen LogP contribution in [0.15, 0.2) is 60.7 Å². The molecule has 0 aliphatic carbocycles. The van der Waals surface area contributed by atoms with Crippen LogP contribution in [0.2, 0.25) is 0 Å². The number of para-hydroxylation sites is 1. The van der Waals surface area contributed by atoms with Crippen LogP contribution < -0.4 is 9.64 Å². The summed E-state index contributed by atoms with van der Waals surface area (Å²) in [5, 5.41) is 2.07. The zero-order valence-corrected chi connectivity index (χ0v) is 19.0. The van der Waals surface area contributed by atoms with Gasteiger partial charge in [0.05, 0.1) is 25.5 Å². The predicted octanol–water partition coefficient (Wildman–Crippen LogP) is 3.87. The third-order valence-electron chi connectivity index (χ3n) is 5.22. The Labute approximate surface area is 192 Å². The van der Waals surface area contributed by atoms with Gasteiger partial charge in [-0.25, -0.2) is 9.59 Å². The van der Waals surface area contributed by atoms with Gasteiger partial charge in [-0.3, -0.25) is 9.69 Å². The highest BCUT2D eigenvalue weighted by molar-refractivity contribution is 6.01. The van der Waals surface area contributed by atoms with E-state index < -0.39 is 18.7 Å². The fourth-order valence-electron chi connectivity index (χ4n) is 3.35. The second kappa shape index (κ2) is 10.5. The molecular weight excluding hydrogens is 424 g/mol. The van der Waals surface area contributed by atoms with Crippen molar-refractivity contribution in [2.45, 2.75) is 6.54 Å². The van der Waals surface area contributed by atoms with Gasteiger partial charge in [0, 0.05) is 20.6 Å². The standard InChI is InChI=1S/C25H26N2O6/c1-26(15-17-9-10-19-14-20(31-3)12-11-18(19)13-17)23(28)16-33-24(29)21-7-5-6-8-22(21)27(2)25(30)32-4/h5-14H,15-16H2,1-4H3. The number of hydrogen-bond acceptors (Lipinski definition) is 6. The van der Waals surface area contributed by atoms with E-state index in [0.717, 1.165) is 22.1 Å². The van der Waals surface area contributed by atoms with Crippen molar-refractivity contribution in [1.29, 1.82) is 0 Å². The van der Waals surface area contributed by atoms with E-state index in [0.29, 0.717) is 12.2 Å². The Balaban J connectivity index is 1.62. The zero-order chi connectivity index (χ0) is 24.0. The molecule has 0 saturated carbocycles. The van der Waals surface area contributed by atoms with Crippen LogP contribution in [0, 0.1) is 0 Å². The van der Waals surface area contributed by atoms with Crippen molar-refractivity contribution < 1.29 is 28.6 Å². The molecule has 3 aromatic carbocycles. The summed E-state index contributed by atoms with van der Waals surface area (Å²) in [6, 6.07) is 18.2. The number of fused-ring (bicyclic) bond motifs is 1. The highest BCUT2D eigenvalue weighted by Crippen LogP contribution is 2.23. The van der Waals surface area contributed by atoms with Crippen LogP contribution in [-0.4, -0.2) is 57.8 Å². The second-order valence-corrected chi connectivity index (χ2v) is 7.42. The molecule has 3 aromatic rings. The van der Waals surface area contributed by atoms with Gasteiger partial charge in [0.15, 0.2) is 6.61 Å². The molecule has 0 saturated heterocycles. The molecule has 0 radical (unpaired) electrons. The fraction of sp³-hybridized carbons (Fsp3) is 0.240. The van der Waals surface area contributed by atoms with Crippen LogP contribution in [0.4, 0.5) is 10.5 Å². The van der Waals surface area contributed by atoms with Gasteiger partial charge in [-0.15, -0.1) is 0 Å². The van der Waals surface area contributed by atoms with E-state index >= 15 is 0 Å². The number of likely N-dealkylation sites (N-methyl/N-ethyl adjacent to an activating group) is 1. The van der Waals surface area contributed by atoms with Crippen molar-refractivity contribution in [2.24, 2.45) is 0 Å². The molecular formula is C25H26N2O6. The lowest BCUT2D eigenvalue weighted by atomic mass is 10.1. The molecule has 0 heterocycles. The number of nitrogens with zero attached hydrogens (tertiary/aromatic N) is 2. The van der Waals surface area contributed by atoms with Crippen molar-refractivity contribution in [1.82, 2.24) is 4.90 Å². The van der Waals surface area contributed by atoms with Crippen molar-refractivity contribution >= 4 is 34.4 Å². The van der Waals surface area contributed by atoms with Crippen molar-refractivity contribution in [2.75, 3.05) is 39.8 Å². The Hall–Kier alpha value is -4.07. The smallest absolute Gasteiger partial charge is 0.413 e. The summed E-state index contributed by atoms with van der Waals surface area (Å²) in [5.74, 6) is -0.275. The van der Waals surface area contributed by atoms with E-state index in [1.807, 2.05) is 36.4 Å². The second-order valence-electron chi connectivity index (χ2n) is 7.42. The molecule has 8 nitrogen and oxygen atoms in total. The molecule has 0 aliphatic rings. The van der Waals surface area contributed by atoms with E-state index in [-0.39, 0.29) is 11.5 Å². The van der Waals surface area contributed by atoms with Crippen molar-refractivity contribution in [3.05, 3.63) is 71.8 Å². The Morgan fingerprint density at radius 1 is 0.879 bits per heavy atom. The van der Waals surface area contributed by atoms with E-state index in [1.165, 1.54) is 30.0 Å². The lowest BCUT2D eigenvalue weighted by molar-refractivity contribution is -0.133. The predicted molar refractivity (Wildman–Crippen MR) is 125 cm³/mol. The largest absolute Gasteiger partial charge is 0.497 e. The number of rotatable bonds is 7. The SMILES string of the molecule is COC(=O)N(C)c1ccccc1C(=O)OCC(=O)N(C)Cc1ccc2cc(OC)ccc2c1. The van der Waals surface area contributed by atoms with E-state index in [4.69, 9.17) is 14.2 Å². The summed E-state index contributed by atoms with van der Waals surface area (Å²) in [7, 11) is 6.00. The molecule has 0 aliphatic heterocycles. The molecule has 0 bridgehead atoms. The van der Waals surface area contributed by atoms with Gasteiger partial charge in [0.25, 0.3) is 5.91 Å². The summed E-state index contributed by atoms with van der Waals surface area (Å²) < 4.78 is 15.2. The monoisotopic (exact) mass is 450 g/mol. The van der Waals surface area contributed by atoms with Crippen molar-refractivity contribution in [3.63, 3.8) is 0 Å². The average Bonchev–Trinajstić information content (AvgIpc) is 2.85. The molecule has 3 rings (SSSR count). The molecule has 2 amide bonds. The molecule has 172 valence electrons. The number of methoxy groups -OCH3 is 2. The molecule has 0 spiro atoms. The van der Waals surface area contributed by atoms with E-state index in [2.05, 4.69) is 0 Å². The minimum Gasteiger partial charge on any atom is -0.497 e. The minimum atomic E-state index is -0.706. The topological polar surface area (TPSA) is 85.4 Å². The normalized spacial score (nSPS) is 10.4. The molecule has 0 aromatic heterocycles. The van der Waals surface area contributed by atoms with E-state index in [9.17, 15) is 14.4 Å². The number of ether oxygens (including phenoxy) is 3. The van der Waals surface area contributed by atoms with Crippen LogP contribution >= 0.6 is 0 Å². The fourth-order valence-corrected chi connectivity index (χ4v) is 3.35. The van der Waals surface area contributed by atoms with Gasteiger partial charge < -0.3 is 19.1 Å². The van der Waals surface area contributed by atoms with Gasteiger partial charge in [-0.2, -0.15) is 0 Å². The maximum atomic E-state index is 12.6. The van der Waals surface area contributed by atoms with Gasteiger partial charge in [-0.1, -0.05) is 30.3 Å². The van der Waals surface area contributed by atoms with Crippen LogP contribution in [0.25, 0.3) is 10.8 Å². The van der Waals surface area contributed by atoms with Gasteiger partial charge in [0.1, 0.15) is 5.75 Å². The number of esters is 1. The highest BCUT2D eigenvalue weighted by Gasteiger charge is 2.21. The van der Waals surface area contributed by atoms with Crippen LogP contribution in [0.5, 0.6) is 5.75 Å². The molecule has 0 unspecified atom stereocenters. The third-order valence-corrected chi connectivity index (χ3v) is 5.22. The molecule has 8 heteroatoms. The Bertz CT molecular complexity index is 1180. The number of carbonyl (C=O) groups is 3. The summed E-state index contributed by atoms with van der Waals surface area (Å²) in [6.07, 6.45) is -0.625. The lowest BCUT2D eigenvalue weighted by Gasteiger charge is -2.20. The van der Waals surface area contributed by atoms with Crippen LogP contribution in [0.1, 0.15) is 15.9 Å². The van der Waals surface area contributed by atoms with Gasteiger partial charge >= 0.3 is 12.1 Å². The number of amides is 2. The third kappa shape index (κ3) is 5.60. The highest BCUT2D eigenvalue weighted by atomic mass is 16.5. The maximum absolute atomic E-state index is 12.6. The first kappa shape index (κ1) is 23.6. The number of carbonyl (C=O) groups excluding carboxylic acids is 3. The van der Waals surface area contributed by atoms with E-state index in [1.54, 1.807) is 32.4 Å². The Morgan fingerprint density at radius 2 is 1.58 bits per heavy atom. The Kier molecular flexibility index (Phi) is 7.50. The average molecular weight is 450 g/mol. The minimum absolute atomic E-state index is 0.158. The quantitative estimate of drug-likeness (QED) is 0.508. The summed E-state index contributed by atoms with van der Waals surface area (Å²) in [5.41, 5.74) is 1.42. The summed E-state index contributed by atoms with van der Waals surface area (Å²) in [6.45, 7) is -0.0591. The Morgan fingerprint density at radius 3 is 2.30 bits per heavy atom. The molecule has 0 atom stereocenters. The number of benzene rings is 3. The van der Waals surface area contributed by atoms with Crippen LogP contribution in [0.3, 0.4) is 0 Å².